The average Bonchev–Trinajstić information content (AvgIpc) is 3.22. The van der Waals surface area contributed by atoms with Crippen molar-refractivity contribution in [3.63, 3.8) is 0 Å². The maximum absolute atomic E-state index is 11.5. The molecule has 1 fully saturated rings. The molecule has 1 aromatic carbocycles. The zero-order chi connectivity index (χ0) is 13.1. The lowest BCUT2D eigenvalue weighted by Gasteiger charge is -2.19. The van der Waals surface area contributed by atoms with Gasteiger partial charge in [0, 0.05) is 30.8 Å². The lowest BCUT2D eigenvalue weighted by atomic mass is 10.2. The van der Waals surface area contributed by atoms with E-state index in [1.54, 1.807) is 0 Å². The molecule has 0 saturated heterocycles. The zero-order valence-electron chi connectivity index (χ0n) is 10.8. The lowest BCUT2D eigenvalue weighted by molar-refractivity contribution is -0.120. The maximum Gasteiger partial charge on any atom is 0.221 e. The second kappa shape index (κ2) is 5.38. The highest BCUT2D eigenvalue weighted by molar-refractivity contribution is 5.77. The lowest BCUT2D eigenvalue weighted by Crippen LogP contribution is -2.27. The Hall–Kier alpha value is -1.91. The first-order valence-corrected chi connectivity index (χ1v) is 6.74. The summed E-state index contributed by atoms with van der Waals surface area (Å²) in [4.78, 5) is 11.5. The number of ether oxygens (including phenoxy) is 2. The number of nitrogens with one attached hydrogen (secondary N) is 2. The van der Waals surface area contributed by atoms with E-state index in [1.165, 1.54) is 0 Å². The van der Waals surface area contributed by atoms with E-state index >= 15 is 0 Å². The molecule has 1 saturated carbocycles. The predicted molar refractivity (Wildman–Crippen MR) is 71.7 cm³/mol. The van der Waals surface area contributed by atoms with Gasteiger partial charge in [-0.3, -0.25) is 4.79 Å². The first kappa shape index (κ1) is 12.1. The number of fused-ring (bicyclic) bond motifs is 1. The molecule has 0 atom stereocenters. The molecule has 1 aliphatic carbocycles. The molecule has 1 heterocycles. The van der Waals surface area contributed by atoms with Crippen LogP contribution in [0.4, 0.5) is 5.69 Å². The van der Waals surface area contributed by atoms with Crippen molar-refractivity contribution in [2.75, 3.05) is 25.1 Å². The van der Waals surface area contributed by atoms with Crippen LogP contribution in [0.2, 0.25) is 0 Å². The summed E-state index contributed by atoms with van der Waals surface area (Å²) >= 11 is 0. The Kier molecular flexibility index (Phi) is 3.44. The van der Waals surface area contributed by atoms with Gasteiger partial charge in [0.2, 0.25) is 5.91 Å². The Bertz CT molecular complexity index is 472. The summed E-state index contributed by atoms with van der Waals surface area (Å²) in [5, 5.41) is 6.19. The number of hydrogen-bond acceptors (Lipinski definition) is 4. The van der Waals surface area contributed by atoms with Crippen LogP contribution < -0.4 is 20.1 Å². The van der Waals surface area contributed by atoms with E-state index in [0.717, 1.165) is 30.0 Å². The predicted octanol–water partition coefficient (Wildman–Crippen LogP) is 1.54. The number of carbonyl (C=O) groups is 1. The molecule has 2 N–H and O–H groups in total. The molecule has 0 spiro atoms. The number of benzene rings is 1. The number of carbonyl (C=O) groups excluding carboxylic acids is 1. The standard InChI is InChI=1S/C14H18N2O3/c17-14(16-10-1-2-10)5-6-15-11-3-4-12-13(9-11)19-8-7-18-12/h3-4,9-10,15H,1-2,5-8H2,(H,16,17). The average molecular weight is 262 g/mol. The quantitative estimate of drug-likeness (QED) is 0.845. The molecule has 1 aliphatic heterocycles. The molecule has 19 heavy (non-hydrogen) atoms. The molecule has 5 nitrogen and oxygen atoms in total. The van der Waals surface area contributed by atoms with Crippen LogP contribution >= 0.6 is 0 Å². The van der Waals surface area contributed by atoms with Gasteiger partial charge < -0.3 is 20.1 Å². The SMILES string of the molecule is O=C(CCNc1ccc2c(c1)OCCO2)NC1CC1. The fourth-order valence-electron chi connectivity index (χ4n) is 2.00. The third kappa shape index (κ3) is 3.30. The van der Waals surface area contributed by atoms with E-state index in [1.807, 2.05) is 18.2 Å². The third-order valence-corrected chi connectivity index (χ3v) is 3.17. The smallest absolute Gasteiger partial charge is 0.221 e. The first-order chi connectivity index (χ1) is 9.31. The van der Waals surface area contributed by atoms with Gasteiger partial charge in [0.1, 0.15) is 13.2 Å². The third-order valence-electron chi connectivity index (χ3n) is 3.17. The minimum atomic E-state index is 0.118. The van der Waals surface area contributed by atoms with Gasteiger partial charge in [-0.25, -0.2) is 0 Å². The van der Waals surface area contributed by atoms with Crippen molar-refractivity contribution in [2.24, 2.45) is 0 Å². The normalized spacial score (nSPS) is 16.8. The van der Waals surface area contributed by atoms with Gasteiger partial charge in [0.25, 0.3) is 0 Å². The van der Waals surface area contributed by atoms with Crippen LogP contribution in [0.3, 0.4) is 0 Å². The summed E-state index contributed by atoms with van der Waals surface area (Å²) in [5.41, 5.74) is 0.948. The van der Waals surface area contributed by atoms with Crippen LogP contribution in [-0.4, -0.2) is 31.7 Å². The van der Waals surface area contributed by atoms with Gasteiger partial charge in [0.05, 0.1) is 0 Å². The van der Waals surface area contributed by atoms with E-state index in [4.69, 9.17) is 9.47 Å². The molecule has 3 rings (SSSR count). The van der Waals surface area contributed by atoms with Crippen molar-refractivity contribution in [2.45, 2.75) is 25.3 Å². The number of hydrogen-bond donors (Lipinski definition) is 2. The number of rotatable bonds is 5. The molecule has 0 bridgehead atoms. The molecule has 102 valence electrons. The van der Waals surface area contributed by atoms with Crippen molar-refractivity contribution in [1.29, 1.82) is 0 Å². The van der Waals surface area contributed by atoms with E-state index in [2.05, 4.69) is 10.6 Å². The monoisotopic (exact) mass is 262 g/mol. The van der Waals surface area contributed by atoms with Crippen LogP contribution in [0.15, 0.2) is 18.2 Å². The van der Waals surface area contributed by atoms with Crippen molar-refractivity contribution >= 4 is 11.6 Å². The number of amides is 1. The second-order valence-electron chi connectivity index (χ2n) is 4.88. The summed E-state index contributed by atoms with van der Waals surface area (Å²) in [5.74, 6) is 1.66. The molecule has 1 aromatic rings. The molecule has 0 radical (unpaired) electrons. The van der Waals surface area contributed by atoms with Crippen LogP contribution in [0, 0.1) is 0 Å². The molecule has 5 heteroatoms. The van der Waals surface area contributed by atoms with Crippen molar-refractivity contribution in [3.05, 3.63) is 18.2 Å². The van der Waals surface area contributed by atoms with Gasteiger partial charge in [-0.15, -0.1) is 0 Å². The van der Waals surface area contributed by atoms with Crippen molar-refractivity contribution in [3.8, 4) is 11.5 Å². The molecular formula is C14H18N2O3. The highest BCUT2D eigenvalue weighted by atomic mass is 16.6. The van der Waals surface area contributed by atoms with Gasteiger partial charge in [0.15, 0.2) is 11.5 Å². The van der Waals surface area contributed by atoms with E-state index in [-0.39, 0.29) is 5.91 Å². The summed E-state index contributed by atoms with van der Waals surface area (Å²) in [7, 11) is 0. The van der Waals surface area contributed by atoms with E-state index in [0.29, 0.717) is 32.2 Å². The molecular weight excluding hydrogens is 244 g/mol. The fourth-order valence-corrected chi connectivity index (χ4v) is 2.00. The highest BCUT2D eigenvalue weighted by Crippen LogP contribution is 2.32. The van der Waals surface area contributed by atoms with Crippen LogP contribution in [0.25, 0.3) is 0 Å². The van der Waals surface area contributed by atoms with Crippen molar-refractivity contribution in [1.82, 2.24) is 5.32 Å². The van der Waals surface area contributed by atoms with Crippen LogP contribution in [-0.2, 0) is 4.79 Å². The zero-order valence-corrected chi connectivity index (χ0v) is 10.8. The Labute approximate surface area is 112 Å². The van der Waals surface area contributed by atoms with E-state index in [9.17, 15) is 4.79 Å². The van der Waals surface area contributed by atoms with Gasteiger partial charge in [-0.2, -0.15) is 0 Å². The Morgan fingerprint density at radius 2 is 2.00 bits per heavy atom. The Balaban J connectivity index is 1.47. The summed E-state index contributed by atoms with van der Waals surface area (Å²) in [6, 6.07) is 6.17. The minimum absolute atomic E-state index is 0.118. The Morgan fingerprint density at radius 1 is 1.21 bits per heavy atom. The summed E-state index contributed by atoms with van der Waals surface area (Å²) in [6.45, 7) is 1.81. The van der Waals surface area contributed by atoms with Gasteiger partial charge >= 0.3 is 0 Å². The Morgan fingerprint density at radius 3 is 2.79 bits per heavy atom. The van der Waals surface area contributed by atoms with Crippen LogP contribution in [0.5, 0.6) is 11.5 Å². The summed E-state index contributed by atoms with van der Waals surface area (Å²) in [6.07, 6.45) is 2.74. The second-order valence-corrected chi connectivity index (χ2v) is 4.88. The minimum Gasteiger partial charge on any atom is -0.486 e. The fraction of sp³-hybridized carbons (Fsp3) is 0.500. The molecule has 0 aromatic heterocycles. The summed E-state index contributed by atoms with van der Waals surface area (Å²) < 4.78 is 11.0. The van der Waals surface area contributed by atoms with Gasteiger partial charge in [-0.05, 0) is 25.0 Å². The topological polar surface area (TPSA) is 59.6 Å². The van der Waals surface area contributed by atoms with Crippen LogP contribution in [0.1, 0.15) is 19.3 Å². The van der Waals surface area contributed by atoms with Gasteiger partial charge in [-0.1, -0.05) is 0 Å². The number of anilines is 1. The highest BCUT2D eigenvalue weighted by Gasteiger charge is 2.22. The largest absolute Gasteiger partial charge is 0.486 e. The van der Waals surface area contributed by atoms with Crippen molar-refractivity contribution < 1.29 is 14.3 Å². The molecule has 1 amide bonds. The maximum atomic E-state index is 11.5. The van der Waals surface area contributed by atoms with E-state index < -0.39 is 0 Å². The first-order valence-electron chi connectivity index (χ1n) is 6.74. The molecule has 0 unspecified atom stereocenters. The molecule has 2 aliphatic rings.